The van der Waals surface area contributed by atoms with Gasteiger partial charge in [0.1, 0.15) is 0 Å². The van der Waals surface area contributed by atoms with Crippen molar-refractivity contribution in [3.05, 3.63) is 71.3 Å². The highest BCUT2D eigenvalue weighted by Crippen LogP contribution is 2.32. The summed E-state index contributed by atoms with van der Waals surface area (Å²) in [6.45, 7) is 3.51. The van der Waals surface area contributed by atoms with Gasteiger partial charge in [-0.25, -0.2) is 0 Å². The van der Waals surface area contributed by atoms with Crippen LogP contribution in [0.2, 0.25) is 0 Å². The molecule has 0 unspecified atom stereocenters. The first-order valence-electron chi connectivity index (χ1n) is 7.61. The molecule has 2 heteroatoms. The van der Waals surface area contributed by atoms with Crippen molar-refractivity contribution >= 4 is 5.91 Å². The van der Waals surface area contributed by atoms with Crippen molar-refractivity contribution in [2.24, 2.45) is 5.92 Å². The fourth-order valence-electron chi connectivity index (χ4n) is 2.60. The summed E-state index contributed by atoms with van der Waals surface area (Å²) in [7, 11) is 0. The van der Waals surface area contributed by atoms with E-state index in [2.05, 4.69) is 31.2 Å². The molecule has 0 aliphatic heterocycles. The van der Waals surface area contributed by atoms with Crippen LogP contribution < -0.4 is 0 Å². The Bertz CT molecular complexity index is 616. The Morgan fingerprint density at radius 1 is 1.00 bits per heavy atom. The maximum absolute atomic E-state index is 12.6. The standard InChI is InChI=1S/C19H21NO/c1-15-7-5-6-10-18(15)14-20(19(21)17-11-12-17)13-16-8-3-2-4-9-16/h2-10,17H,11-14H2,1H3. The highest BCUT2D eigenvalue weighted by molar-refractivity contribution is 5.81. The Morgan fingerprint density at radius 3 is 2.33 bits per heavy atom. The van der Waals surface area contributed by atoms with E-state index in [9.17, 15) is 4.79 Å². The molecular formula is C19H21NO. The van der Waals surface area contributed by atoms with Gasteiger partial charge in [-0.2, -0.15) is 0 Å². The summed E-state index contributed by atoms with van der Waals surface area (Å²) in [6, 6.07) is 18.6. The van der Waals surface area contributed by atoms with Crippen molar-refractivity contribution in [2.45, 2.75) is 32.9 Å². The minimum Gasteiger partial charge on any atom is -0.334 e. The molecule has 108 valence electrons. The summed E-state index contributed by atoms with van der Waals surface area (Å²) in [5.74, 6) is 0.569. The molecule has 2 nitrogen and oxygen atoms in total. The van der Waals surface area contributed by atoms with Gasteiger partial charge in [0.15, 0.2) is 0 Å². The lowest BCUT2D eigenvalue weighted by molar-refractivity contribution is -0.133. The second-order valence-corrected chi connectivity index (χ2v) is 5.88. The second-order valence-electron chi connectivity index (χ2n) is 5.88. The summed E-state index contributed by atoms with van der Waals surface area (Å²) in [5, 5.41) is 0. The Balaban J connectivity index is 1.79. The fraction of sp³-hybridized carbons (Fsp3) is 0.316. The van der Waals surface area contributed by atoms with E-state index in [0.29, 0.717) is 19.0 Å². The van der Waals surface area contributed by atoms with Gasteiger partial charge in [0.05, 0.1) is 0 Å². The Labute approximate surface area is 126 Å². The predicted molar refractivity (Wildman–Crippen MR) is 84.6 cm³/mol. The van der Waals surface area contributed by atoms with Gasteiger partial charge in [0.2, 0.25) is 5.91 Å². The first-order chi connectivity index (χ1) is 10.2. The molecule has 0 saturated heterocycles. The summed E-state index contributed by atoms with van der Waals surface area (Å²) in [4.78, 5) is 14.6. The lowest BCUT2D eigenvalue weighted by Crippen LogP contribution is -2.31. The first kappa shape index (κ1) is 13.9. The lowest BCUT2D eigenvalue weighted by atomic mass is 10.1. The van der Waals surface area contributed by atoms with E-state index >= 15 is 0 Å². The molecular weight excluding hydrogens is 258 g/mol. The van der Waals surface area contributed by atoms with E-state index < -0.39 is 0 Å². The molecule has 0 radical (unpaired) electrons. The van der Waals surface area contributed by atoms with E-state index in [1.54, 1.807) is 0 Å². The molecule has 1 aliphatic rings. The third-order valence-electron chi connectivity index (χ3n) is 4.08. The molecule has 2 aromatic rings. The van der Waals surface area contributed by atoms with Gasteiger partial charge >= 0.3 is 0 Å². The largest absolute Gasteiger partial charge is 0.334 e. The Kier molecular flexibility index (Phi) is 4.05. The lowest BCUT2D eigenvalue weighted by Gasteiger charge is -2.24. The molecule has 1 aliphatic carbocycles. The van der Waals surface area contributed by atoms with Crippen LogP contribution in [0.25, 0.3) is 0 Å². The topological polar surface area (TPSA) is 20.3 Å². The number of amides is 1. The number of hydrogen-bond acceptors (Lipinski definition) is 1. The highest BCUT2D eigenvalue weighted by Gasteiger charge is 2.33. The Hall–Kier alpha value is -2.09. The fourth-order valence-corrected chi connectivity index (χ4v) is 2.60. The quantitative estimate of drug-likeness (QED) is 0.812. The van der Waals surface area contributed by atoms with Crippen LogP contribution in [0.1, 0.15) is 29.5 Å². The van der Waals surface area contributed by atoms with E-state index in [-0.39, 0.29) is 5.92 Å². The summed E-state index contributed by atoms with van der Waals surface area (Å²) in [5.41, 5.74) is 3.68. The van der Waals surface area contributed by atoms with Crippen LogP contribution in [-0.4, -0.2) is 10.8 Å². The molecule has 21 heavy (non-hydrogen) atoms. The van der Waals surface area contributed by atoms with Crippen LogP contribution in [0, 0.1) is 12.8 Å². The van der Waals surface area contributed by atoms with Crippen LogP contribution in [0.4, 0.5) is 0 Å². The third kappa shape index (κ3) is 3.52. The summed E-state index contributed by atoms with van der Waals surface area (Å²) < 4.78 is 0. The molecule has 1 amide bonds. The van der Waals surface area contributed by atoms with E-state index in [0.717, 1.165) is 12.8 Å². The van der Waals surface area contributed by atoms with Crippen molar-refractivity contribution < 1.29 is 4.79 Å². The summed E-state index contributed by atoms with van der Waals surface area (Å²) in [6.07, 6.45) is 2.11. The van der Waals surface area contributed by atoms with Crippen LogP contribution >= 0.6 is 0 Å². The van der Waals surface area contributed by atoms with Crippen LogP contribution in [0.3, 0.4) is 0 Å². The van der Waals surface area contributed by atoms with Crippen molar-refractivity contribution in [1.29, 1.82) is 0 Å². The van der Waals surface area contributed by atoms with E-state index in [4.69, 9.17) is 0 Å². The Morgan fingerprint density at radius 2 is 1.67 bits per heavy atom. The van der Waals surface area contributed by atoms with Gasteiger partial charge in [-0.1, -0.05) is 54.6 Å². The molecule has 0 spiro atoms. The highest BCUT2D eigenvalue weighted by atomic mass is 16.2. The van der Waals surface area contributed by atoms with Crippen LogP contribution in [-0.2, 0) is 17.9 Å². The first-order valence-corrected chi connectivity index (χ1v) is 7.61. The van der Waals surface area contributed by atoms with Gasteiger partial charge < -0.3 is 4.90 Å². The monoisotopic (exact) mass is 279 g/mol. The summed E-state index contributed by atoms with van der Waals surface area (Å²) >= 11 is 0. The van der Waals surface area contributed by atoms with Gasteiger partial charge in [0.25, 0.3) is 0 Å². The number of carbonyl (C=O) groups excluding carboxylic acids is 1. The zero-order chi connectivity index (χ0) is 14.7. The van der Waals surface area contributed by atoms with Gasteiger partial charge in [0, 0.05) is 19.0 Å². The minimum atomic E-state index is 0.262. The zero-order valence-electron chi connectivity index (χ0n) is 12.5. The van der Waals surface area contributed by atoms with Gasteiger partial charge in [-0.05, 0) is 36.5 Å². The van der Waals surface area contributed by atoms with Gasteiger partial charge in [-0.3, -0.25) is 4.79 Å². The predicted octanol–water partition coefficient (Wildman–Crippen LogP) is 3.93. The molecule has 0 bridgehead atoms. The normalized spacial score (nSPS) is 14.0. The van der Waals surface area contributed by atoms with Crippen molar-refractivity contribution in [3.63, 3.8) is 0 Å². The SMILES string of the molecule is Cc1ccccc1CN(Cc1ccccc1)C(=O)C1CC1. The molecule has 0 N–H and O–H groups in total. The number of rotatable bonds is 5. The van der Waals surface area contributed by atoms with E-state index in [1.165, 1.54) is 16.7 Å². The number of hydrogen-bond donors (Lipinski definition) is 0. The maximum atomic E-state index is 12.6. The number of aryl methyl sites for hydroxylation is 1. The number of benzene rings is 2. The molecule has 0 atom stereocenters. The molecule has 0 heterocycles. The average molecular weight is 279 g/mol. The van der Waals surface area contributed by atoms with Crippen LogP contribution in [0.5, 0.6) is 0 Å². The molecule has 3 rings (SSSR count). The number of nitrogens with zero attached hydrogens (tertiary/aromatic N) is 1. The zero-order valence-corrected chi connectivity index (χ0v) is 12.5. The molecule has 1 fully saturated rings. The maximum Gasteiger partial charge on any atom is 0.226 e. The van der Waals surface area contributed by atoms with Crippen molar-refractivity contribution in [2.75, 3.05) is 0 Å². The minimum absolute atomic E-state index is 0.262. The van der Waals surface area contributed by atoms with E-state index in [1.807, 2.05) is 35.2 Å². The second kappa shape index (κ2) is 6.13. The van der Waals surface area contributed by atoms with Crippen molar-refractivity contribution in [3.8, 4) is 0 Å². The van der Waals surface area contributed by atoms with Crippen LogP contribution in [0.15, 0.2) is 54.6 Å². The van der Waals surface area contributed by atoms with Crippen molar-refractivity contribution in [1.82, 2.24) is 4.90 Å². The molecule has 0 aromatic heterocycles. The molecule has 1 saturated carbocycles. The van der Waals surface area contributed by atoms with Gasteiger partial charge in [-0.15, -0.1) is 0 Å². The molecule has 2 aromatic carbocycles. The third-order valence-corrected chi connectivity index (χ3v) is 4.08. The average Bonchev–Trinajstić information content (AvgIpc) is 3.34. The smallest absolute Gasteiger partial charge is 0.226 e. The number of carbonyl (C=O) groups is 1.